The number of halogens is 1. The summed E-state index contributed by atoms with van der Waals surface area (Å²) in [5, 5.41) is 32.6. The van der Waals surface area contributed by atoms with Crippen LogP contribution in [0.25, 0.3) is 0 Å². The van der Waals surface area contributed by atoms with Gasteiger partial charge in [-0.05, 0) is 28.9 Å². The molecule has 0 spiro atoms. The Labute approximate surface area is 127 Å². The zero-order valence-electron chi connectivity index (χ0n) is 10.8. The molecule has 0 radical (unpaired) electrons. The van der Waals surface area contributed by atoms with Crippen molar-refractivity contribution in [3.05, 3.63) is 32.3 Å². The van der Waals surface area contributed by atoms with E-state index in [1.54, 1.807) is 6.92 Å². The zero-order chi connectivity index (χ0) is 16.2. The monoisotopic (exact) mass is 361 g/mol. The van der Waals surface area contributed by atoms with E-state index >= 15 is 0 Å². The van der Waals surface area contributed by atoms with Crippen LogP contribution in [0.15, 0.2) is 16.6 Å². The molecular weight excluding hydrogens is 350 g/mol. The quantitative estimate of drug-likeness (QED) is 0.459. The van der Waals surface area contributed by atoms with Crippen molar-refractivity contribution in [1.29, 1.82) is 0 Å². The summed E-state index contributed by atoms with van der Waals surface area (Å²) in [5.74, 6) is -1.40. The van der Waals surface area contributed by atoms with Gasteiger partial charge >= 0.3 is 12.0 Å². The van der Waals surface area contributed by atoms with E-state index in [2.05, 4.69) is 21.2 Å². The molecular formula is C11H12BrN3O6. The molecule has 0 heterocycles. The van der Waals surface area contributed by atoms with Gasteiger partial charge in [0.15, 0.2) is 6.04 Å². The number of carbonyl (C=O) groups excluding carboxylic acids is 1. The largest absolute Gasteiger partial charge is 0.480 e. The number of hydrogen-bond acceptors (Lipinski definition) is 5. The fraction of sp³-hybridized carbons (Fsp3) is 0.273. The van der Waals surface area contributed by atoms with Crippen LogP contribution < -0.4 is 10.6 Å². The average molecular weight is 362 g/mol. The second-order valence-corrected chi connectivity index (χ2v) is 4.90. The molecule has 0 aliphatic heterocycles. The van der Waals surface area contributed by atoms with E-state index in [0.29, 0.717) is 10.0 Å². The number of carbonyl (C=O) groups is 2. The van der Waals surface area contributed by atoms with Gasteiger partial charge in [-0.25, -0.2) is 9.59 Å². The lowest BCUT2D eigenvalue weighted by Crippen LogP contribution is -2.45. The molecule has 1 atom stereocenters. The summed E-state index contributed by atoms with van der Waals surface area (Å²) in [5.41, 5.74) is 0.314. The summed E-state index contributed by atoms with van der Waals surface area (Å²) in [6.45, 7) is 0.761. The SMILES string of the molecule is Cc1cc(Br)c(NC(=O)NC(CO)C(=O)O)cc1[N+](=O)[O-]. The van der Waals surface area contributed by atoms with E-state index in [1.807, 2.05) is 5.32 Å². The van der Waals surface area contributed by atoms with Crippen molar-refractivity contribution in [3.8, 4) is 0 Å². The number of nitrogens with one attached hydrogen (secondary N) is 2. The Kier molecular flexibility index (Phi) is 5.61. The highest BCUT2D eigenvalue weighted by molar-refractivity contribution is 9.10. The van der Waals surface area contributed by atoms with Crippen LogP contribution in [0.1, 0.15) is 5.56 Å². The lowest BCUT2D eigenvalue weighted by Gasteiger charge is -2.13. The Bertz CT molecular complexity index is 592. The summed E-state index contributed by atoms with van der Waals surface area (Å²) >= 11 is 3.14. The van der Waals surface area contributed by atoms with Gasteiger partial charge in [-0.2, -0.15) is 0 Å². The van der Waals surface area contributed by atoms with E-state index in [9.17, 15) is 19.7 Å². The number of carboxylic acids is 1. The molecule has 0 fully saturated rings. The number of aliphatic hydroxyl groups is 1. The number of hydrogen-bond donors (Lipinski definition) is 4. The van der Waals surface area contributed by atoms with Gasteiger partial charge < -0.3 is 20.8 Å². The van der Waals surface area contributed by atoms with Crippen molar-refractivity contribution in [2.45, 2.75) is 13.0 Å². The number of nitro groups is 1. The Morgan fingerprint density at radius 1 is 1.48 bits per heavy atom. The third-order valence-corrected chi connectivity index (χ3v) is 3.17. The minimum Gasteiger partial charge on any atom is -0.480 e. The van der Waals surface area contributed by atoms with E-state index in [1.165, 1.54) is 6.07 Å². The van der Waals surface area contributed by atoms with Crippen molar-refractivity contribution in [1.82, 2.24) is 5.32 Å². The first kappa shape index (κ1) is 16.9. The van der Waals surface area contributed by atoms with Crippen LogP contribution in [0.5, 0.6) is 0 Å². The van der Waals surface area contributed by atoms with Gasteiger partial charge in [-0.3, -0.25) is 10.1 Å². The fourth-order valence-electron chi connectivity index (χ4n) is 1.46. The molecule has 2 amide bonds. The number of rotatable bonds is 5. The molecule has 0 aliphatic rings. The lowest BCUT2D eigenvalue weighted by molar-refractivity contribution is -0.385. The molecule has 0 aliphatic carbocycles. The highest BCUT2D eigenvalue weighted by Gasteiger charge is 2.20. The Morgan fingerprint density at radius 2 is 2.10 bits per heavy atom. The number of carboxylic acid groups (broad SMARTS) is 1. The zero-order valence-corrected chi connectivity index (χ0v) is 12.4. The summed E-state index contributed by atoms with van der Waals surface area (Å²) in [4.78, 5) is 32.5. The van der Waals surface area contributed by atoms with Crippen LogP contribution >= 0.6 is 15.9 Å². The topological polar surface area (TPSA) is 142 Å². The maximum atomic E-state index is 11.6. The normalized spacial score (nSPS) is 11.6. The van der Waals surface area contributed by atoms with Gasteiger partial charge in [-0.1, -0.05) is 0 Å². The number of nitrogens with zero attached hydrogens (tertiary/aromatic N) is 1. The van der Waals surface area contributed by atoms with Crippen LogP contribution in [0.3, 0.4) is 0 Å². The number of amides is 2. The van der Waals surface area contributed by atoms with Crippen molar-refractivity contribution in [3.63, 3.8) is 0 Å². The summed E-state index contributed by atoms with van der Waals surface area (Å²) < 4.78 is 0.400. The molecule has 1 aromatic rings. The second kappa shape index (κ2) is 6.99. The highest BCUT2D eigenvalue weighted by Crippen LogP contribution is 2.30. The number of benzene rings is 1. The molecule has 0 saturated heterocycles. The van der Waals surface area contributed by atoms with E-state index in [0.717, 1.165) is 6.07 Å². The Morgan fingerprint density at radius 3 is 2.57 bits per heavy atom. The number of anilines is 1. The first-order valence-electron chi connectivity index (χ1n) is 5.62. The van der Waals surface area contributed by atoms with Crippen molar-refractivity contribution in [2.24, 2.45) is 0 Å². The van der Waals surface area contributed by atoms with Gasteiger partial charge in [0.1, 0.15) is 0 Å². The molecule has 1 unspecified atom stereocenters. The van der Waals surface area contributed by atoms with Gasteiger partial charge in [0.2, 0.25) is 0 Å². The van der Waals surface area contributed by atoms with E-state index in [4.69, 9.17) is 10.2 Å². The molecule has 21 heavy (non-hydrogen) atoms. The predicted molar refractivity (Wildman–Crippen MR) is 76.2 cm³/mol. The van der Waals surface area contributed by atoms with Crippen LogP contribution in [0, 0.1) is 17.0 Å². The molecule has 114 valence electrons. The van der Waals surface area contributed by atoms with Gasteiger partial charge in [0.05, 0.1) is 17.2 Å². The number of aliphatic carboxylic acids is 1. The van der Waals surface area contributed by atoms with Crippen molar-refractivity contribution < 1.29 is 24.7 Å². The number of urea groups is 1. The lowest BCUT2D eigenvalue weighted by atomic mass is 10.2. The Balaban J connectivity index is 2.92. The van der Waals surface area contributed by atoms with Gasteiger partial charge in [-0.15, -0.1) is 0 Å². The first-order chi connectivity index (χ1) is 9.76. The van der Waals surface area contributed by atoms with E-state index < -0.39 is 29.6 Å². The molecule has 0 bridgehead atoms. The standard InChI is InChI=1S/C11H12BrN3O6/c1-5-2-6(12)7(3-9(5)15(20)21)13-11(19)14-8(4-16)10(17)18/h2-3,8,16H,4H2,1H3,(H,17,18)(H2,13,14,19). The van der Waals surface area contributed by atoms with Gasteiger partial charge in [0, 0.05) is 16.1 Å². The first-order valence-corrected chi connectivity index (χ1v) is 6.41. The molecule has 9 nitrogen and oxygen atoms in total. The molecule has 4 N–H and O–H groups in total. The summed E-state index contributed by atoms with van der Waals surface area (Å²) in [7, 11) is 0. The third kappa shape index (κ3) is 4.39. The summed E-state index contributed by atoms with van der Waals surface area (Å²) in [6.07, 6.45) is 0. The molecule has 10 heteroatoms. The van der Waals surface area contributed by atoms with Gasteiger partial charge in [0.25, 0.3) is 5.69 Å². The smallest absolute Gasteiger partial charge is 0.328 e. The number of nitro benzene ring substituents is 1. The minimum absolute atomic E-state index is 0.104. The molecule has 0 saturated carbocycles. The molecule has 1 aromatic carbocycles. The van der Waals surface area contributed by atoms with Crippen molar-refractivity contribution >= 4 is 39.3 Å². The van der Waals surface area contributed by atoms with Crippen LogP contribution in [0.4, 0.5) is 16.2 Å². The summed E-state index contributed by atoms with van der Waals surface area (Å²) in [6, 6.07) is 0.224. The minimum atomic E-state index is -1.47. The van der Waals surface area contributed by atoms with Crippen molar-refractivity contribution in [2.75, 3.05) is 11.9 Å². The third-order valence-electron chi connectivity index (χ3n) is 2.52. The molecule has 0 aromatic heterocycles. The Hall–Kier alpha value is -2.20. The average Bonchev–Trinajstić information content (AvgIpc) is 2.38. The maximum Gasteiger partial charge on any atom is 0.328 e. The van der Waals surface area contributed by atoms with Crippen LogP contribution in [0.2, 0.25) is 0 Å². The van der Waals surface area contributed by atoms with Crippen LogP contribution in [-0.4, -0.2) is 39.8 Å². The molecule has 1 rings (SSSR count). The highest BCUT2D eigenvalue weighted by atomic mass is 79.9. The number of aryl methyl sites for hydroxylation is 1. The number of aliphatic hydroxyl groups excluding tert-OH is 1. The fourth-order valence-corrected chi connectivity index (χ4v) is 2.01. The maximum absolute atomic E-state index is 11.6. The van der Waals surface area contributed by atoms with E-state index in [-0.39, 0.29) is 11.4 Å². The second-order valence-electron chi connectivity index (χ2n) is 4.05. The van der Waals surface area contributed by atoms with Crippen LogP contribution in [-0.2, 0) is 4.79 Å². The predicted octanol–water partition coefficient (Wildman–Crippen LogP) is 1.23.